The van der Waals surface area contributed by atoms with E-state index in [-0.39, 0.29) is 24.3 Å². The van der Waals surface area contributed by atoms with E-state index in [1.807, 2.05) is 0 Å². The van der Waals surface area contributed by atoms with Gasteiger partial charge in [0.25, 0.3) is 11.4 Å². The minimum absolute atomic E-state index is 0.231. The van der Waals surface area contributed by atoms with Crippen LogP contribution in [0, 0.1) is 35.8 Å². The number of rotatable bonds is 0. The summed E-state index contributed by atoms with van der Waals surface area (Å²) >= 11 is 0. The standard InChI is InChI=1S/C30H6F12N4/c1-45-21(9-43)25-15-7-14-16(8-13(15)23-17(25)3-11(27(31,32)33)5-19(23)29(37,38)39)26(22(10-44)46-2)18-4-12(28(34,35)36)6-20(24(14)18)30(40,41)42/h3-8H. The lowest BCUT2D eigenvalue weighted by Crippen LogP contribution is -2.13. The molecule has 0 radical (unpaired) electrons. The van der Waals surface area contributed by atoms with E-state index in [1.165, 1.54) is 12.1 Å². The lowest BCUT2D eigenvalue weighted by Gasteiger charge is -2.17. The zero-order chi connectivity index (χ0) is 34.3. The van der Waals surface area contributed by atoms with Gasteiger partial charge in [-0.1, -0.05) is 0 Å². The van der Waals surface area contributed by atoms with Gasteiger partial charge in [-0.15, -0.1) is 0 Å². The SMILES string of the molecule is [C-]#[N+]C(C#N)=C1c2cc3c(cc2-c2c1cc(C(F)(F)F)cc2C(F)(F)F)C(=C(C#N)[N+]#[C-])c1cc(C(F)(F)F)cc(C(F)(F)F)c1-3. The van der Waals surface area contributed by atoms with Gasteiger partial charge >= 0.3 is 24.7 Å². The molecule has 0 N–H and O–H groups in total. The van der Waals surface area contributed by atoms with Crippen molar-refractivity contribution < 1.29 is 52.7 Å². The Labute approximate surface area is 249 Å². The molecule has 2 aliphatic carbocycles. The average molecular weight is 650 g/mol. The summed E-state index contributed by atoms with van der Waals surface area (Å²) in [7, 11) is 0. The maximum Gasteiger partial charge on any atom is 0.417 e. The summed E-state index contributed by atoms with van der Waals surface area (Å²) in [5, 5.41) is 19.2. The van der Waals surface area contributed by atoms with E-state index in [0.717, 1.165) is 0 Å². The Morgan fingerprint density at radius 2 is 0.804 bits per heavy atom. The molecule has 2 aliphatic rings. The van der Waals surface area contributed by atoms with E-state index in [2.05, 4.69) is 9.69 Å². The molecule has 0 aromatic heterocycles. The first-order valence-electron chi connectivity index (χ1n) is 12.1. The van der Waals surface area contributed by atoms with Gasteiger partial charge in [-0.2, -0.15) is 52.7 Å². The third-order valence-electron chi connectivity index (χ3n) is 7.22. The number of hydrogen-bond donors (Lipinski definition) is 0. The number of alkyl halides is 12. The lowest BCUT2D eigenvalue weighted by molar-refractivity contribution is -0.144. The molecule has 5 rings (SSSR count). The van der Waals surface area contributed by atoms with Gasteiger partial charge in [-0.05, 0) is 69.8 Å². The Hall–Kier alpha value is -5.74. The second-order valence-electron chi connectivity index (χ2n) is 9.72. The van der Waals surface area contributed by atoms with Crippen LogP contribution >= 0.6 is 0 Å². The van der Waals surface area contributed by atoms with Gasteiger partial charge in [0.15, 0.2) is 0 Å². The minimum atomic E-state index is -5.51. The van der Waals surface area contributed by atoms with E-state index in [4.69, 9.17) is 13.1 Å². The summed E-state index contributed by atoms with van der Waals surface area (Å²) in [4.78, 5) is 5.76. The normalized spacial score (nSPS) is 15.8. The smallest absolute Gasteiger partial charge is 0.226 e. The molecule has 0 amide bonds. The molecule has 0 saturated heterocycles. The highest BCUT2D eigenvalue weighted by molar-refractivity contribution is 6.11. The van der Waals surface area contributed by atoms with Crippen LogP contribution in [0.1, 0.15) is 44.5 Å². The van der Waals surface area contributed by atoms with Gasteiger partial charge in [-0.3, -0.25) is 0 Å². The first-order valence-corrected chi connectivity index (χ1v) is 12.1. The van der Waals surface area contributed by atoms with Gasteiger partial charge in [0, 0.05) is 22.3 Å². The molecule has 0 fully saturated rings. The largest absolute Gasteiger partial charge is 0.417 e. The molecule has 3 aromatic rings. The number of nitrogens with zero attached hydrogens (tertiary/aromatic N) is 4. The van der Waals surface area contributed by atoms with Gasteiger partial charge in [0.1, 0.15) is 0 Å². The fourth-order valence-corrected chi connectivity index (χ4v) is 5.53. The Morgan fingerprint density at radius 3 is 1.04 bits per heavy atom. The minimum Gasteiger partial charge on any atom is -0.226 e. The molecule has 46 heavy (non-hydrogen) atoms. The maximum absolute atomic E-state index is 14.3. The zero-order valence-electron chi connectivity index (χ0n) is 21.8. The molecule has 230 valence electrons. The summed E-state index contributed by atoms with van der Waals surface area (Å²) in [5.74, 6) is 0. The molecule has 16 heteroatoms. The second-order valence-corrected chi connectivity index (χ2v) is 9.72. The van der Waals surface area contributed by atoms with Crippen LogP contribution in [0.25, 0.3) is 43.1 Å². The van der Waals surface area contributed by atoms with Crippen LogP contribution in [0.4, 0.5) is 52.7 Å². The second kappa shape index (κ2) is 9.88. The molecule has 0 heterocycles. The summed E-state index contributed by atoms with van der Waals surface area (Å²) < 4.78 is 168. The first kappa shape index (κ1) is 31.7. The van der Waals surface area contributed by atoms with Crippen molar-refractivity contribution in [1.29, 1.82) is 10.5 Å². The number of hydrogen-bond acceptors (Lipinski definition) is 2. The van der Waals surface area contributed by atoms with E-state index >= 15 is 0 Å². The van der Waals surface area contributed by atoms with Crippen molar-refractivity contribution in [2.75, 3.05) is 0 Å². The number of halogens is 12. The molecule has 0 saturated carbocycles. The maximum atomic E-state index is 14.3. The van der Waals surface area contributed by atoms with Crippen molar-refractivity contribution in [3.8, 4) is 34.4 Å². The topological polar surface area (TPSA) is 56.3 Å². The van der Waals surface area contributed by atoms with Gasteiger partial charge in [0.2, 0.25) is 0 Å². The van der Waals surface area contributed by atoms with Crippen molar-refractivity contribution in [3.05, 3.63) is 115 Å². The van der Waals surface area contributed by atoms with Crippen LogP contribution in [0.5, 0.6) is 0 Å². The molecule has 0 aliphatic heterocycles. The predicted molar refractivity (Wildman–Crippen MR) is 134 cm³/mol. The highest BCUT2D eigenvalue weighted by atomic mass is 19.4. The van der Waals surface area contributed by atoms with Crippen LogP contribution < -0.4 is 0 Å². The van der Waals surface area contributed by atoms with E-state index in [1.54, 1.807) is 0 Å². The first-order chi connectivity index (χ1) is 21.2. The summed E-state index contributed by atoms with van der Waals surface area (Å²) in [6.07, 6.45) is -21.8. The zero-order valence-corrected chi connectivity index (χ0v) is 21.8. The molecule has 0 atom stereocenters. The average Bonchev–Trinajstić information content (AvgIpc) is 3.43. The molecular formula is C30H6F12N4. The van der Waals surface area contributed by atoms with Crippen LogP contribution in [-0.2, 0) is 24.7 Å². The van der Waals surface area contributed by atoms with Gasteiger partial charge in [-0.25, -0.2) is 20.2 Å². The molecule has 0 spiro atoms. The predicted octanol–water partition coefficient (Wildman–Crippen LogP) is 10.1. The van der Waals surface area contributed by atoms with E-state index in [0.29, 0.717) is 12.1 Å². The monoisotopic (exact) mass is 650 g/mol. The van der Waals surface area contributed by atoms with Crippen molar-refractivity contribution in [1.82, 2.24) is 0 Å². The van der Waals surface area contributed by atoms with E-state index < -0.39 is 114 Å². The number of fused-ring (bicyclic) bond motifs is 6. The number of allylic oxidation sites excluding steroid dienone is 2. The highest BCUT2D eigenvalue weighted by Gasteiger charge is 2.46. The summed E-state index contributed by atoms with van der Waals surface area (Å²) in [6, 6.07) is 4.07. The highest BCUT2D eigenvalue weighted by Crippen LogP contribution is 2.59. The third-order valence-corrected chi connectivity index (χ3v) is 7.22. The molecular weight excluding hydrogens is 644 g/mol. The lowest BCUT2D eigenvalue weighted by atomic mass is 9.92. The third kappa shape index (κ3) is 4.70. The Balaban J connectivity index is 2.05. The number of nitriles is 2. The fourth-order valence-electron chi connectivity index (χ4n) is 5.53. The van der Waals surface area contributed by atoms with Crippen LogP contribution in [0.3, 0.4) is 0 Å². The summed E-state index contributed by atoms with van der Waals surface area (Å²) in [6.45, 7) is 14.7. The Morgan fingerprint density at radius 1 is 0.478 bits per heavy atom. The number of benzene rings is 3. The van der Waals surface area contributed by atoms with Crippen molar-refractivity contribution in [2.24, 2.45) is 0 Å². The molecule has 0 bridgehead atoms. The Kier molecular flexibility index (Phi) is 6.81. The molecule has 4 nitrogen and oxygen atoms in total. The fraction of sp³-hybridized carbons (Fsp3) is 0.133. The van der Waals surface area contributed by atoms with Crippen LogP contribution in [0.15, 0.2) is 47.8 Å². The van der Waals surface area contributed by atoms with E-state index in [9.17, 15) is 63.2 Å². The van der Waals surface area contributed by atoms with Crippen molar-refractivity contribution in [3.63, 3.8) is 0 Å². The van der Waals surface area contributed by atoms with Gasteiger partial charge in [0.05, 0.1) is 47.5 Å². The molecule has 3 aromatic carbocycles. The summed E-state index contributed by atoms with van der Waals surface area (Å²) in [5.41, 5.74) is -17.5. The Bertz CT molecular complexity index is 1940. The van der Waals surface area contributed by atoms with Crippen molar-refractivity contribution in [2.45, 2.75) is 24.7 Å². The van der Waals surface area contributed by atoms with Crippen LogP contribution in [0.2, 0.25) is 0 Å². The van der Waals surface area contributed by atoms with Crippen molar-refractivity contribution >= 4 is 11.1 Å². The van der Waals surface area contributed by atoms with Gasteiger partial charge < -0.3 is 0 Å². The van der Waals surface area contributed by atoms with Crippen LogP contribution in [-0.4, -0.2) is 0 Å². The molecule has 0 unspecified atom stereocenters. The quantitative estimate of drug-likeness (QED) is 0.0952.